The number of aromatic nitrogens is 2. The van der Waals surface area contributed by atoms with E-state index in [1.165, 1.54) is 5.56 Å². The van der Waals surface area contributed by atoms with Crippen LogP contribution in [0.2, 0.25) is 0 Å². The highest BCUT2D eigenvalue weighted by Crippen LogP contribution is 2.16. The van der Waals surface area contributed by atoms with E-state index < -0.39 is 0 Å². The highest BCUT2D eigenvalue weighted by Gasteiger charge is 2.17. The maximum atomic E-state index is 12.9. The Bertz CT molecular complexity index is 1010. The lowest BCUT2D eigenvalue weighted by molar-refractivity contribution is 0.0950. The van der Waals surface area contributed by atoms with Gasteiger partial charge in [-0.15, -0.1) is 0 Å². The molecule has 162 valence electrons. The first-order valence-electron chi connectivity index (χ1n) is 11.0. The molecule has 0 radical (unpaired) electrons. The number of hydrogen-bond acceptors (Lipinski definition) is 4. The first kappa shape index (κ1) is 21.3. The van der Waals surface area contributed by atoms with Crippen molar-refractivity contribution in [2.45, 2.75) is 26.4 Å². The van der Waals surface area contributed by atoms with Gasteiger partial charge in [-0.2, -0.15) is 5.10 Å². The summed E-state index contributed by atoms with van der Waals surface area (Å²) in [4.78, 5) is 17.8. The number of nitrogens with one attached hydrogen (secondary N) is 1. The molecule has 3 aromatic rings. The van der Waals surface area contributed by atoms with Crippen LogP contribution in [-0.2, 0) is 19.5 Å². The van der Waals surface area contributed by atoms with Crippen LogP contribution in [-0.4, -0.2) is 58.7 Å². The van der Waals surface area contributed by atoms with Crippen molar-refractivity contribution in [2.75, 3.05) is 33.2 Å². The highest BCUT2D eigenvalue weighted by molar-refractivity contribution is 5.95. The Morgan fingerprint density at radius 1 is 1.00 bits per heavy atom. The van der Waals surface area contributed by atoms with E-state index in [2.05, 4.69) is 58.5 Å². The number of amides is 1. The second-order valence-electron chi connectivity index (χ2n) is 8.19. The van der Waals surface area contributed by atoms with Gasteiger partial charge in [0.1, 0.15) is 0 Å². The third kappa shape index (κ3) is 5.21. The van der Waals surface area contributed by atoms with Gasteiger partial charge in [0.05, 0.1) is 23.1 Å². The monoisotopic (exact) mass is 417 g/mol. The standard InChI is InChI=1S/C25H31N5O/c1-3-24-23(18-27-30(24)22-10-5-4-6-11-22)25(31)26-17-20-8-7-9-21(16-20)19-29-14-12-28(2)13-15-29/h4-11,16,18H,3,12-15,17,19H2,1-2H3,(H,26,31). The zero-order valence-corrected chi connectivity index (χ0v) is 18.4. The molecule has 1 N–H and O–H groups in total. The van der Waals surface area contributed by atoms with Crippen LogP contribution < -0.4 is 5.32 Å². The molecular formula is C25H31N5O. The number of piperazine rings is 1. The average molecular weight is 418 g/mol. The molecule has 1 amide bonds. The summed E-state index contributed by atoms with van der Waals surface area (Å²) in [5, 5.41) is 7.54. The minimum Gasteiger partial charge on any atom is -0.348 e. The second-order valence-corrected chi connectivity index (χ2v) is 8.19. The van der Waals surface area contributed by atoms with Crippen molar-refractivity contribution in [3.05, 3.63) is 83.2 Å². The van der Waals surface area contributed by atoms with Crippen LogP contribution in [0.3, 0.4) is 0 Å². The van der Waals surface area contributed by atoms with Gasteiger partial charge in [0.15, 0.2) is 0 Å². The Balaban J connectivity index is 1.40. The largest absolute Gasteiger partial charge is 0.348 e. The van der Waals surface area contributed by atoms with Gasteiger partial charge < -0.3 is 10.2 Å². The topological polar surface area (TPSA) is 53.4 Å². The van der Waals surface area contributed by atoms with E-state index in [-0.39, 0.29) is 5.91 Å². The predicted molar refractivity (Wildman–Crippen MR) is 123 cm³/mol. The van der Waals surface area contributed by atoms with Crippen molar-refractivity contribution in [1.82, 2.24) is 24.9 Å². The Hall–Kier alpha value is -2.96. The van der Waals surface area contributed by atoms with E-state index >= 15 is 0 Å². The number of para-hydroxylation sites is 1. The maximum Gasteiger partial charge on any atom is 0.255 e. The molecule has 0 aliphatic carbocycles. The van der Waals surface area contributed by atoms with Crippen molar-refractivity contribution in [2.24, 2.45) is 0 Å². The molecule has 31 heavy (non-hydrogen) atoms. The van der Waals surface area contributed by atoms with Crippen LogP contribution in [0.1, 0.15) is 34.1 Å². The van der Waals surface area contributed by atoms with Gasteiger partial charge in [0.2, 0.25) is 0 Å². The maximum absolute atomic E-state index is 12.9. The van der Waals surface area contributed by atoms with Crippen LogP contribution in [0.5, 0.6) is 0 Å². The Labute approximate surface area is 184 Å². The molecule has 0 atom stereocenters. The molecule has 1 aliphatic heterocycles. The molecule has 6 nitrogen and oxygen atoms in total. The molecular weight excluding hydrogens is 386 g/mol. The Morgan fingerprint density at radius 3 is 2.48 bits per heavy atom. The molecule has 2 heterocycles. The number of benzene rings is 2. The van der Waals surface area contributed by atoms with Gasteiger partial charge in [-0.3, -0.25) is 9.69 Å². The van der Waals surface area contributed by atoms with Crippen molar-refractivity contribution < 1.29 is 4.79 Å². The second kappa shape index (κ2) is 9.90. The van der Waals surface area contributed by atoms with Gasteiger partial charge in [0.25, 0.3) is 5.91 Å². The summed E-state index contributed by atoms with van der Waals surface area (Å²) in [6.45, 7) is 7.95. The van der Waals surface area contributed by atoms with E-state index in [1.807, 2.05) is 35.0 Å². The summed E-state index contributed by atoms with van der Waals surface area (Å²) < 4.78 is 1.85. The van der Waals surface area contributed by atoms with E-state index in [9.17, 15) is 4.79 Å². The van der Waals surface area contributed by atoms with Crippen LogP contribution in [0.15, 0.2) is 60.8 Å². The predicted octanol–water partition coefficient (Wildman–Crippen LogP) is 3.11. The van der Waals surface area contributed by atoms with Gasteiger partial charge in [-0.25, -0.2) is 4.68 Å². The lowest BCUT2D eigenvalue weighted by Crippen LogP contribution is -2.43. The molecule has 1 saturated heterocycles. The summed E-state index contributed by atoms with van der Waals surface area (Å²) >= 11 is 0. The summed E-state index contributed by atoms with van der Waals surface area (Å²) in [6.07, 6.45) is 2.41. The third-order valence-corrected chi connectivity index (χ3v) is 5.90. The minimum atomic E-state index is -0.0801. The molecule has 2 aromatic carbocycles. The zero-order valence-electron chi connectivity index (χ0n) is 18.4. The van der Waals surface area contributed by atoms with Crippen molar-refractivity contribution in [3.63, 3.8) is 0 Å². The van der Waals surface area contributed by atoms with Gasteiger partial charge in [-0.05, 0) is 36.7 Å². The lowest BCUT2D eigenvalue weighted by atomic mass is 10.1. The molecule has 0 unspecified atom stereocenters. The smallest absolute Gasteiger partial charge is 0.255 e. The fourth-order valence-corrected chi connectivity index (χ4v) is 4.08. The van der Waals surface area contributed by atoms with Gasteiger partial charge in [-0.1, -0.05) is 49.4 Å². The molecule has 6 heteroatoms. The zero-order chi connectivity index (χ0) is 21.6. The van der Waals surface area contributed by atoms with E-state index in [0.717, 1.165) is 56.1 Å². The molecule has 1 fully saturated rings. The summed E-state index contributed by atoms with van der Waals surface area (Å²) in [5.74, 6) is -0.0801. The Kier molecular flexibility index (Phi) is 6.79. The molecule has 0 bridgehead atoms. The number of nitrogens with zero attached hydrogens (tertiary/aromatic N) is 4. The summed E-state index contributed by atoms with van der Waals surface area (Å²) in [6, 6.07) is 18.5. The van der Waals surface area contributed by atoms with E-state index in [1.54, 1.807) is 6.20 Å². The number of rotatable bonds is 7. The van der Waals surface area contributed by atoms with Crippen LogP contribution in [0.25, 0.3) is 5.69 Å². The molecule has 0 saturated carbocycles. The first-order chi connectivity index (χ1) is 15.1. The van der Waals surface area contributed by atoms with Gasteiger partial charge in [0, 0.05) is 39.3 Å². The van der Waals surface area contributed by atoms with Crippen LogP contribution in [0.4, 0.5) is 0 Å². The van der Waals surface area contributed by atoms with E-state index in [4.69, 9.17) is 0 Å². The molecule has 0 spiro atoms. The minimum absolute atomic E-state index is 0.0801. The van der Waals surface area contributed by atoms with Crippen molar-refractivity contribution >= 4 is 5.91 Å². The normalized spacial score (nSPS) is 15.2. The summed E-state index contributed by atoms with van der Waals surface area (Å²) in [7, 11) is 2.17. The SMILES string of the molecule is CCc1c(C(=O)NCc2cccc(CN3CCN(C)CC3)c2)cnn1-c1ccccc1. The first-order valence-corrected chi connectivity index (χ1v) is 11.0. The number of carbonyl (C=O) groups excluding carboxylic acids is 1. The fourth-order valence-electron chi connectivity index (χ4n) is 4.08. The quantitative estimate of drug-likeness (QED) is 0.642. The van der Waals surface area contributed by atoms with Crippen LogP contribution in [0, 0.1) is 0 Å². The van der Waals surface area contributed by atoms with Crippen LogP contribution >= 0.6 is 0 Å². The molecule has 1 aliphatic rings. The van der Waals surface area contributed by atoms with E-state index in [0.29, 0.717) is 12.1 Å². The fraction of sp³-hybridized carbons (Fsp3) is 0.360. The van der Waals surface area contributed by atoms with Crippen molar-refractivity contribution in [1.29, 1.82) is 0 Å². The molecule has 1 aromatic heterocycles. The third-order valence-electron chi connectivity index (χ3n) is 5.90. The Morgan fingerprint density at radius 2 is 1.74 bits per heavy atom. The average Bonchev–Trinajstić information content (AvgIpc) is 3.24. The van der Waals surface area contributed by atoms with Crippen molar-refractivity contribution in [3.8, 4) is 5.69 Å². The number of likely N-dealkylation sites (N-methyl/N-ethyl adjacent to an activating group) is 1. The number of hydrogen-bond donors (Lipinski definition) is 1. The number of carbonyl (C=O) groups is 1. The lowest BCUT2D eigenvalue weighted by Gasteiger charge is -2.32. The van der Waals surface area contributed by atoms with Gasteiger partial charge >= 0.3 is 0 Å². The highest BCUT2D eigenvalue weighted by atomic mass is 16.1. The summed E-state index contributed by atoms with van der Waals surface area (Å²) in [5.41, 5.74) is 4.94. The molecule has 4 rings (SSSR count).